The average Bonchev–Trinajstić information content (AvgIpc) is 2.54. The molecule has 0 spiro atoms. The molecule has 0 bridgehead atoms. The van der Waals surface area contributed by atoms with E-state index in [4.69, 9.17) is 11.6 Å². The van der Waals surface area contributed by atoms with Crippen LogP contribution in [0.4, 0.5) is 0 Å². The minimum absolute atomic E-state index is 0.123. The fraction of sp³-hybridized carbons (Fsp3) is 0.286. The van der Waals surface area contributed by atoms with Gasteiger partial charge in [-0.3, -0.25) is 9.59 Å². The molecule has 0 saturated carbocycles. The van der Waals surface area contributed by atoms with Gasteiger partial charge in [-0.25, -0.2) is 9.97 Å². The number of rotatable bonds is 2. The van der Waals surface area contributed by atoms with Crippen LogP contribution in [0.5, 0.6) is 0 Å². The molecule has 1 aliphatic heterocycles. The predicted molar refractivity (Wildman–Crippen MR) is 84.3 cm³/mol. The molecule has 1 N–H and O–H groups in total. The van der Waals surface area contributed by atoms with Crippen LogP contribution in [-0.4, -0.2) is 38.6 Å². The lowest BCUT2D eigenvalue weighted by Gasteiger charge is -2.28. The molecule has 0 aromatic carbocycles. The molecule has 0 saturated heterocycles. The van der Waals surface area contributed by atoms with Crippen molar-refractivity contribution >= 4 is 29.3 Å². The summed E-state index contributed by atoms with van der Waals surface area (Å²) in [4.78, 5) is 36.5. The minimum Gasteiger partial charge on any atom is -0.333 e. The topological polar surface area (TPSA) is 79.0 Å². The molecule has 22 heavy (non-hydrogen) atoms. The van der Waals surface area contributed by atoms with Crippen LogP contribution in [0, 0.1) is 0 Å². The number of hydrogen-bond donors (Lipinski definition) is 1. The van der Waals surface area contributed by atoms with E-state index < -0.39 is 0 Å². The van der Waals surface area contributed by atoms with Crippen molar-refractivity contribution in [3.05, 3.63) is 50.7 Å². The summed E-state index contributed by atoms with van der Waals surface area (Å²) < 4.78 is 0. The van der Waals surface area contributed by atoms with Gasteiger partial charge >= 0.3 is 0 Å². The maximum absolute atomic E-state index is 12.6. The number of halogens is 1. The first-order valence-corrected chi connectivity index (χ1v) is 8.25. The third-order valence-electron chi connectivity index (χ3n) is 3.51. The van der Waals surface area contributed by atoms with E-state index in [2.05, 4.69) is 15.0 Å². The Hall–Kier alpha value is -1.86. The Morgan fingerprint density at radius 2 is 2.27 bits per heavy atom. The van der Waals surface area contributed by atoms with Crippen LogP contribution in [0.25, 0.3) is 0 Å². The molecule has 1 aliphatic rings. The number of amides is 1. The molecule has 2 aromatic rings. The van der Waals surface area contributed by atoms with Crippen LogP contribution in [0.2, 0.25) is 5.02 Å². The summed E-state index contributed by atoms with van der Waals surface area (Å²) in [5, 5.41) is 0.754. The summed E-state index contributed by atoms with van der Waals surface area (Å²) in [5.74, 6) is -0.223. The Morgan fingerprint density at radius 1 is 1.45 bits per heavy atom. The minimum atomic E-state index is -0.223. The SMILES string of the molecule is CSc1ncc(Cl)c(C(=O)N2CCc3cc(=O)[nH]cc3C2)n1. The van der Waals surface area contributed by atoms with Gasteiger partial charge in [0.2, 0.25) is 5.56 Å². The molecule has 0 radical (unpaired) electrons. The number of hydrogen-bond acceptors (Lipinski definition) is 5. The molecular weight excluding hydrogens is 324 g/mol. The number of fused-ring (bicyclic) bond motifs is 1. The fourth-order valence-corrected chi connectivity index (χ4v) is 2.90. The number of carbonyl (C=O) groups is 1. The highest BCUT2D eigenvalue weighted by Gasteiger charge is 2.25. The Morgan fingerprint density at radius 3 is 3.05 bits per heavy atom. The predicted octanol–water partition coefficient (Wildman–Crippen LogP) is 1.74. The van der Waals surface area contributed by atoms with E-state index in [0.29, 0.717) is 24.7 Å². The molecule has 6 nitrogen and oxygen atoms in total. The second kappa shape index (κ2) is 6.10. The number of H-pyrrole nitrogens is 1. The number of carbonyl (C=O) groups excluding carboxylic acids is 1. The van der Waals surface area contributed by atoms with Crippen LogP contribution < -0.4 is 5.56 Å². The van der Waals surface area contributed by atoms with E-state index in [9.17, 15) is 9.59 Å². The Bertz CT molecular complexity index is 793. The molecular formula is C14H13ClN4O2S. The Balaban J connectivity index is 1.88. The normalized spacial score (nSPS) is 13.8. The molecule has 8 heteroatoms. The second-order valence-electron chi connectivity index (χ2n) is 4.88. The van der Waals surface area contributed by atoms with Gasteiger partial charge < -0.3 is 9.88 Å². The zero-order valence-corrected chi connectivity index (χ0v) is 13.4. The van der Waals surface area contributed by atoms with Gasteiger partial charge in [-0.15, -0.1) is 0 Å². The van der Waals surface area contributed by atoms with Crippen molar-refractivity contribution < 1.29 is 4.79 Å². The lowest BCUT2D eigenvalue weighted by molar-refractivity contribution is 0.0727. The summed E-state index contributed by atoms with van der Waals surface area (Å²) in [6.07, 6.45) is 5.59. The van der Waals surface area contributed by atoms with E-state index >= 15 is 0 Å². The van der Waals surface area contributed by atoms with E-state index in [1.54, 1.807) is 17.2 Å². The number of thioether (sulfide) groups is 1. The molecule has 0 atom stereocenters. The maximum atomic E-state index is 12.6. The summed E-state index contributed by atoms with van der Waals surface area (Å²) in [6.45, 7) is 0.962. The molecule has 3 rings (SSSR count). The first-order chi connectivity index (χ1) is 10.6. The van der Waals surface area contributed by atoms with E-state index in [0.717, 1.165) is 11.1 Å². The van der Waals surface area contributed by atoms with Crippen LogP contribution in [0.1, 0.15) is 21.6 Å². The largest absolute Gasteiger partial charge is 0.333 e. The van der Waals surface area contributed by atoms with Crippen molar-refractivity contribution in [2.24, 2.45) is 0 Å². The van der Waals surface area contributed by atoms with Gasteiger partial charge in [-0.2, -0.15) is 0 Å². The standard InChI is InChI=1S/C14H13ClN4O2S/c1-22-14-17-6-10(15)12(18-14)13(21)19-3-2-8-4-11(20)16-5-9(8)7-19/h4-6H,2-3,7H2,1H3,(H,16,20). The molecule has 0 aliphatic carbocycles. The quantitative estimate of drug-likeness (QED) is 0.667. The highest BCUT2D eigenvalue weighted by atomic mass is 35.5. The van der Waals surface area contributed by atoms with E-state index in [1.807, 2.05) is 6.26 Å². The zero-order valence-electron chi connectivity index (χ0n) is 11.8. The van der Waals surface area contributed by atoms with Gasteiger partial charge in [0.1, 0.15) is 0 Å². The van der Waals surface area contributed by atoms with Gasteiger partial charge in [0.05, 0.1) is 11.2 Å². The third kappa shape index (κ3) is 2.86. The lowest BCUT2D eigenvalue weighted by Crippen LogP contribution is -2.37. The third-order valence-corrected chi connectivity index (χ3v) is 4.35. The number of aromatic nitrogens is 3. The molecule has 0 unspecified atom stereocenters. The van der Waals surface area contributed by atoms with Crippen molar-refractivity contribution in [3.63, 3.8) is 0 Å². The highest BCUT2D eigenvalue weighted by molar-refractivity contribution is 7.98. The van der Waals surface area contributed by atoms with Crippen LogP contribution in [0.15, 0.2) is 28.4 Å². The number of nitrogens with zero attached hydrogens (tertiary/aromatic N) is 3. The van der Waals surface area contributed by atoms with Crippen LogP contribution in [-0.2, 0) is 13.0 Å². The molecule has 2 aromatic heterocycles. The van der Waals surface area contributed by atoms with Crippen molar-refractivity contribution in [1.82, 2.24) is 19.9 Å². The second-order valence-corrected chi connectivity index (χ2v) is 6.06. The van der Waals surface area contributed by atoms with Gasteiger partial charge in [-0.05, 0) is 23.8 Å². The monoisotopic (exact) mass is 336 g/mol. The average molecular weight is 337 g/mol. The van der Waals surface area contributed by atoms with Gasteiger partial charge in [0.15, 0.2) is 10.9 Å². The van der Waals surface area contributed by atoms with Gasteiger partial charge in [0, 0.05) is 25.4 Å². The Labute approximate surface area is 135 Å². The van der Waals surface area contributed by atoms with Crippen LogP contribution >= 0.6 is 23.4 Å². The summed E-state index contributed by atoms with van der Waals surface area (Å²) in [5.41, 5.74) is 2.01. The van der Waals surface area contributed by atoms with Gasteiger partial charge in [-0.1, -0.05) is 23.4 Å². The fourth-order valence-electron chi connectivity index (χ4n) is 2.39. The van der Waals surface area contributed by atoms with Crippen molar-refractivity contribution in [2.75, 3.05) is 12.8 Å². The van der Waals surface area contributed by atoms with Crippen molar-refractivity contribution in [1.29, 1.82) is 0 Å². The number of aromatic amines is 1. The van der Waals surface area contributed by atoms with Crippen molar-refractivity contribution in [3.8, 4) is 0 Å². The first-order valence-electron chi connectivity index (χ1n) is 6.65. The molecule has 0 fully saturated rings. The zero-order chi connectivity index (χ0) is 15.7. The first kappa shape index (κ1) is 15.1. The summed E-state index contributed by atoms with van der Waals surface area (Å²) >= 11 is 7.41. The number of nitrogens with one attached hydrogen (secondary N) is 1. The van der Waals surface area contributed by atoms with Crippen molar-refractivity contribution in [2.45, 2.75) is 18.1 Å². The summed E-state index contributed by atoms with van der Waals surface area (Å²) in [6, 6.07) is 1.58. The van der Waals surface area contributed by atoms with Gasteiger partial charge in [0.25, 0.3) is 5.91 Å². The molecule has 114 valence electrons. The number of pyridine rings is 1. The van der Waals surface area contributed by atoms with E-state index in [-0.39, 0.29) is 22.2 Å². The molecule has 1 amide bonds. The lowest BCUT2D eigenvalue weighted by atomic mass is 10.0. The highest BCUT2D eigenvalue weighted by Crippen LogP contribution is 2.22. The maximum Gasteiger partial charge on any atom is 0.274 e. The smallest absolute Gasteiger partial charge is 0.274 e. The molecule has 3 heterocycles. The van der Waals surface area contributed by atoms with E-state index in [1.165, 1.54) is 18.0 Å². The van der Waals surface area contributed by atoms with Crippen LogP contribution in [0.3, 0.4) is 0 Å². The summed E-state index contributed by atoms with van der Waals surface area (Å²) in [7, 11) is 0. The Kier molecular flexibility index (Phi) is 4.17.